The van der Waals surface area contributed by atoms with Crippen molar-refractivity contribution in [3.63, 3.8) is 0 Å². The average molecular weight is 2850 g/mol. The molecule has 10 rings (SSSR count). The fourth-order valence-electron chi connectivity index (χ4n) is 9.27. The molecule has 10 aromatic heterocycles. The second kappa shape index (κ2) is 76.1. The summed E-state index contributed by atoms with van der Waals surface area (Å²) in [6, 6.07) is 19.0. The van der Waals surface area contributed by atoms with Gasteiger partial charge >= 0.3 is 12.2 Å². The minimum atomic E-state index is -0.562. The maximum atomic E-state index is 12.6. The number of alkyl halides is 6. The minimum Gasteiger partial charge on any atom is -0.443 e. The van der Waals surface area contributed by atoms with Crippen LogP contribution < -0.4 is 24.9 Å². The molecule has 0 saturated carbocycles. The van der Waals surface area contributed by atoms with Crippen molar-refractivity contribution in [3.8, 4) is 52.9 Å². The first-order valence-electron chi connectivity index (χ1n) is 41.5. The van der Waals surface area contributed by atoms with Gasteiger partial charge in [0.2, 0.25) is 11.8 Å². The Kier molecular flexibility index (Phi) is 76.9. The number of aromatic nitrogens is 10. The molecule has 1 unspecified atom stereocenters. The third kappa shape index (κ3) is 54.9. The average Bonchev–Trinajstić information content (AvgIpc) is 1.64. The summed E-state index contributed by atoms with van der Waals surface area (Å²) in [5.41, 5.74) is 3.53. The molecule has 1 N–H and O–H groups in total. The number of thioether (sulfide) groups is 2. The minimum absolute atomic E-state index is 0. The van der Waals surface area contributed by atoms with E-state index in [0.29, 0.717) is 62.5 Å². The van der Waals surface area contributed by atoms with E-state index in [1.165, 1.54) is 112 Å². The summed E-state index contributed by atoms with van der Waals surface area (Å²) in [6.45, 7) is 40.2. The van der Waals surface area contributed by atoms with E-state index in [9.17, 15) is 19.2 Å². The number of hydrogen-bond donors (Lipinski definition) is 1. The standard InChI is InChI=1S/C15H18ClN3O2S.C15H18ClN3OS2.C15H19N3O2S.C14H16ClN3OS2.C10H10ClN3S.C4H7I3.C4H8I2.C4H9I.C4H8I.C4H9.2V/c1-5-19(14(20)21-15(2,3)4)13-11(16)18-12(22-13)10-7-6-8-17-9-10;1-4-19(14(20)10(2)9-21-3)15-12(16)18-13(22-15)11-6-5-7-17-8-11;1-5-18(14(19)20-15(2,3)4)12-10-17-13(21-12)11-7-6-8-16-9-11;1-3-18(11(19)6-8-20-2)14-12(15)17-13(21-14)10-5-4-7-16-9-10;1-2-13-10-8(11)14-9(15-10)7-4-3-5-12-6-7;1-2-3-4(5,6)7;1-2-3-4(5)6;2*1-2-3-4-5;1-3-4-2;;/h6-9H,5H2,1-4H3;5-8,10H,4,9H2,1-3H3;6-10H,5H2,1-4H3;4-5,7,9H,3,6,8H2,1-2H3;3-6,13H,2H2,1H3;2-3H2,1H3;4H,2-3H2,1H3;2-4H2,1H3;4H,2-3H2,1H3;1,3-4H2,2H3;;/q;;;;;;;;2*-1;;. The fourth-order valence-corrected chi connectivity index (χ4v) is 20.8. The Morgan fingerprint density at radius 3 is 1.18 bits per heavy atom. The molecule has 0 fully saturated rings. The Bertz CT molecular complexity index is 4610. The van der Waals surface area contributed by atoms with Crippen molar-refractivity contribution in [2.24, 2.45) is 5.92 Å². The number of nitrogens with one attached hydrogen (secondary N) is 1. The first kappa shape index (κ1) is 131. The van der Waals surface area contributed by atoms with Crippen LogP contribution in [0.15, 0.2) is 129 Å². The number of nitrogens with zero attached hydrogens (tertiary/aromatic N) is 14. The van der Waals surface area contributed by atoms with Gasteiger partial charge in [0, 0.05) is 183 Å². The molecule has 130 heavy (non-hydrogen) atoms. The van der Waals surface area contributed by atoms with Crippen molar-refractivity contribution >= 4 is 334 Å². The van der Waals surface area contributed by atoms with Crippen LogP contribution in [-0.2, 0) is 56.2 Å². The van der Waals surface area contributed by atoms with E-state index in [4.69, 9.17) is 55.9 Å². The number of pyridine rings is 5. The Balaban J connectivity index is 0. The van der Waals surface area contributed by atoms with Gasteiger partial charge in [-0.2, -0.15) is 36.4 Å². The predicted octanol–water partition coefficient (Wildman–Crippen LogP) is 33.0. The van der Waals surface area contributed by atoms with E-state index in [-0.39, 0.29) is 66.1 Å². The summed E-state index contributed by atoms with van der Waals surface area (Å²) in [6.07, 6.45) is 35.5. The molecular weight excluding hydrogens is 2730 g/mol. The summed E-state index contributed by atoms with van der Waals surface area (Å²) in [5, 5.41) is 12.4. The number of halogens is 11. The zero-order chi connectivity index (χ0) is 96.4. The number of carbonyl (C=O) groups excluding carboxylic acids is 4. The SMILES string of the molecule is CCCC(I)(I)I.CCCC(I)I.CCCCI.CCC[CH-]I.CCN(C(=O)C(C)CSC)c1sc(-c2cccnc2)nc1Cl.CCN(C(=O)CCSC)c1sc(-c2cccnc2)nc1Cl.CCN(C(=O)OC(C)(C)C)c1cnc(-c2cccnc2)s1.CCN(C(=O)OC(C)(C)C)c1sc(-c2cccnc2)nc1Cl.CCNc1sc(-c2cccnc2)nc1Cl.[CH2-]CCC.[V].[V]. The smallest absolute Gasteiger partial charge is 0.415 e. The summed E-state index contributed by atoms with van der Waals surface area (Å²) in [5.74, 6) is 1.72. The van der Waals surface area contributed by atoms with E-state index < -0.39 is 17.3 Å². The van der Waals surface area contributed by atoms with Gasteiger partial charge in [-0.05, 0) is 173 Å². The monoisotopic (exact) mass is 2850 g/mol. The summed E-state index contributed by atoms with van der Waals surface area (Å²) in [7, 11) is 0. The number of thiazole rings is 5. The molecule has 0 spiro atoms. The van der Waals surface area contributed by atoms with Crippen LogP contribution in [0.4, 0.5) is 34.6 Å². The Hall–Kier alpha value is -0.681. The van der Waals surface area contributed by atoms with Crippen molar-refractivity contribution < 1.29 is 65.8 Å². The molecule has 720 valence electrons. The van der Waals surface area contributed by atoms with E-state index in [2.05, 4.69) is 259 Å². The first-order valence-corrected chi connectivity index (χ1v) is 58.3. The largest absolute Gasteiger partial charge is 0.443 e. The van der Waals surface area contributed by atoms with Crippen LogP contribution in [-0.4, -0.2) is 148 Å². The number of unbranched alkanes of at least 4 members (excludes halogenated alkanes) is 3. The molecule has 0 bridgehead atoms. The van der Waals surface area contributed by atoms with Crippen molar-refractivity contribution in [2.75, 3.05) is 86.1 Å². The second-order valence-electron chi connectivity index (χ2n) is 28.4. The van der Waals surface area contributed by atoms with Crippen LogP contribution in [0.1, 0.15) is 188 Å². The van der Waals surface area contributed by atoms with Gasteiger partial charge in [0.1, 0.15) is 60.7 Å². The molecule has 41 heteroatoms. The maximum Gasteiger partial charge on any atom is 0.415 e. The number of hydrogen-bond acceptors (Lipinski definition) is 24. The van der Waals surface area contributed by atoms with Crippen molar-refractivity contribution in [1.82, 2.24) is 49.8 Å². The van der Waals surface area contributed by atoms with Crippen LogP contribution in [0.5, 0.6) is 0 Å². The molecule has 4 amide bonds. The Labute approximate surface area is 942 Å². The molecule has 0 aliphatic heterocycles. The third-order valence-electron chi connectivity index (χ3n) is 15.4. The first-order chi connectivity index (χ1) is 60.8. The van der Waals surface area contributed by atoms with Crippen molar-refractivity contribution in [3.05, 3.63) is 161 Å². The second-order valence-corrected chi connectivity index (χ2v) is 55.7. The molecular formula is C89H122Cl4I7N15O6S7V2-2. The maximum absolute atomic E-state index is 12.6. The van der Waals surface area contributed by atoms with Crippen LogP contribution >= 0.6 is 285 Å². The normalized spacial score (nSPS) is 10.7. The van der Waals surface area contributed by atoms with E-state index in [1.807, 2.05) is 156 Å². The van der Waals surface area contributed by atoms with Crippen LogP contribution in [0.25, 0.3) is 52.9 Å². The van der Waals surface area contributed by atoms with Crippen molar-refractivity contribution in [2.45, 2.75) is 201 Å². The Morgan fingerprint density at radius 1 is 0.523 bits per heavy atom. The van der Waals surface area contributed by atoms with Gasteiger partial charge in [-0.1, -0.05) is 312 Å². The van der Waals surface area contributed by atoms with Gasteiger partial charge in [0.05, 0.1) is 8.13 Å². The summed E-state index contributed by atoms with van der Waals surface area (Å²) >= 11 is 52.1. The molecule has 10 heterocycles. The van der Waals surface area contributed by atoms with Gasteiger partial charge in [-0.15, -0.1) is 0 Å². The van der Waals surface area contributed by atoms with Crippen molar-refractivity contribution in [1.29, 1.82) is 0 Å². The van der Waals surface area contributed by atoms with E-state index in [0.717, 1.165) is 89.3 Å². The molecule has 0 aromatic carbocycles. The zero-order valence-corrected chi connectivity index (χ0v) is 104. The summed E-state index contributed by atoms with van der Waals surface area (Å²) < 4.78 is 15.6. The number of anilines is 5. The molecule has 1 atom stereocenters. The number of carbonyl (C=O) groups is 4. The van der Waals surface area contributed by atoms with E-state index >= 15 is 0 Å². The van der Waals surface area contributed by atoms with Gasteiger partial charge in [0.15, 0.2) is 20.6 Å². The van der Waals surface area contributed by atoms with Crippen LogP contribution in [0.2, 0.25) is 20.6 Å². The number of ether oxygens (including phenoxy) is 2. The summed E-state index contributed by atoms with van der Waals surface area (Å²) in [4.78, 5) is 97.9. The quantitative estimate of drug-likeness (QED) is 0.0250. The number of amides is 4. The van der Waals surface area contributed by atoms with Gasteiger partial charge < -0.3 is 54.1 Å². The number of rotatable bonds is 30. The fraction of sp³-hybridized carbons (Fsp3) is 0.483. The third-order valence-corrected chi connectivity index (χ3v) is 28.1. The Morgan fingerprint density at radius 2 is 0.908 bits per heavy atom. The van der Waals surface area contributed by atoms with Crippen LogP contribution in [0.3, 0.4) is 0 Å². The molecule has 2 radical (unpaired) electrons. The predicted molar refractivity (Wildman–Crippen MR) is 620 cm³/mol. The van der Waals surface area contributed by atoms with Crippen LogP contribution in [0, 0.1) is 17.3 Å². The zero-order valence-electron chi connectivity index (χ0n) is 77.1. The molecule has 21 nitrogen and oxygen atoms in total. The van der Waals surface area contributed by atoms with Gasteiger partial charge in [-0.25, -0.2) is 34.5 Å². The van der Waals surface area contributed by atoms with Gasteiger partial charge in [-0.3, -0.25) is 48.7 Å². The molecule has 10 aromatic rings. The van der Waals surface area contributed by atoms with Gasteiger partial charge in [0.25, 0.3) is 0 Å². The van der Waals surface area contributed by atoms with E-state index in [1.54, 1.807) is 118 Å². The molecule has 0 aliphatic carbocycles. The topological polar surface area (TPSA) is 241 Å². The molecule has 0 aliphatic rings. The molecule has 0 saturated heterocycles.